The molecule has 2 aromatic heterocycles. The molecule has 1 N–H and O–H groups in total. The standard InChI is InChI=1S/C7H5ClN2O2S2/c1-3-4-5(11)9-2-10-6(4)13-7(3)14(8)12/h2H,1H3,(H,9,10,11). The minimum absolute atomic E-state index is 0.225. The summed E-state index contributed by atoms with van der Waals surface area (Å²) in [7, 11) is 3.89. The third-order valence-corrected chi connectivity index (χ3v) is 4.87. The van der Waals surface area contributed by atoms with Crippen molar-refractivity contribution in [2.75, 3.05) is 0 Å². The van der Waals surface area contributed by atoms with Gasteiger partial charge in [-0.1, -0.05) is 0 Å². The van der Waals surface area contributed by atoms with Gasteiger partial charge in [-0.2, -0.15) is 0 Å². The highest BCUT2D eigenvalue weighted by Crippen LogP contribution is 2.30. The van der Waals surface area contributed by atoms with Gasteiger partial charge in [0.1, 0.15) is 9.04 Å². The average molecular weight is 249 g/mol. The van der Waals surface area contributed by atoms with E-state index >= 15 is 0 Å². The van der Waals surface area contributed by atoms with E-state index in [0.717, 1.165) is 0 Å². The second-order valence-corrected chi connectivity index (χ2v) is 5.60. The second kappa shape index (κ2) is 3.45. The number of aromatic nitrogens is 2. The van der Waals surface area contributed by atoms with E-state index in [0.29, 0.717) is 20.0 Å². The van der Waals surface area contributed by atoms with E-state index in [9.17, 15) is 9.00 Å². The molecule has 0 spiro atoms. The lowest BCUT2D eigenvalue weighted by molar-refractivity contribution is 0.692. The first-order valence-electron chi connectivity index (χ1n) is 3.66. The van der Waals surface area contributed by atoms with Crippen LogP contribution in [-0.4, -0.2) is 14.2 Å². The van der Waals surface area contributed by atoms with E-state index in [1.54, 1.807) is 6.92 Å². The van der Waals surface area contributed by atoms with Crippen molar-refractivity contribution in [3.8, 4) is 0 Å². The van der Waals surface area contributed by atoms with Crippen LogP contribution in [0.2, 0.25) is 0 Å². The Morgan fingerprint density at radius 1 is 1.64 bits per heavy atom. The van der Waals surface area contributed by atoms with E-state index in [-0.39, 0.29) is 5.56 Å². The Morgan fingerprint density at radius 2 is 2.36 bits per heavy atom. The SMILES string of the molecule is Cc1c(S(=O)Cl)sc2nc[nH]c(=O)c12. The van der Waals surface area contributed by atoms with Gasteiger partial charge in [0.25, 0.3) is 5.56 Å². The van der Waals surface area contributed by atoms with E-state index < -0.39 is 10.0 Å². The Kier molecular flexibility index (Phi) is 2.42. The maximum atomic E-state index is 11.4. The lowest BCUT2D eigenvalue weighted by atomic mass is 10.3. The zero-order valence-electron chi connectivity index (χ0n) is 7.04. The fraction of sp³-hybridized carbons (Fsp3) is 0.143. The molecule has 0 bridgehead atoms. The molecule has 0 amide bonds. The Morgan fingerprint density at radius 3 is 2.93 bits per heavy atom. The number of rotatable bonds is 1. The molecular formula is C7H5ClN2O2S2. The van der Waals surface area contributed by atoms with Crippen LogP contribution in [0.25, 0.3) is 10.2 Å². The smallest absolute Gasteiger partial charge is 0.259 e. The van der Waals surface area contributed by atoms with E-state index in [1.165, 1.54) is 17.7 Å². The average Bonchev–Trinajstić information content (AvgIpc) is 2.45. The number of aryl methyl sites for hydroxylation is 1. The Bertz CT molecular complexity index is 575. The molecule has 2 heterocycles. The van der Waals surface area contributed by atoms with Crippen molar-refractivity contribution in [2.24, 2.45) is 0 Å². The number of fused-ring (bicyclic) bond motifs is 1. The van der Waals surface area contributed by atoms with Gasteiger partial charge in [0.05, 0.1) is 11.7 Å². The monoisotopic (exact) mass is 248 g/mol. The van der Waals surface area contributed by atoms with E-state index in [2.05, 4.69) is 9.97 Å². The maximum absolute atomic E-state index is 11.4. The lowest BCUT2D eigenvalue weighted by Crippen LogP contribution is -2.05. The molecule has 0 aliphatic rings. The fourth-order valence-corrected chi connectivity index (χ4v) is 3.57. The molecule has 1 atom stereocenters. The summed E-state index contributed by atoms with van der Waals surface area (Å²) < 4.78 is 11.6. The molecule has 0 aliphatic heterocycles. The first-order chi connectivity index (χ1) is 6.61. The van der Waals surface area contributed by atoms with Crippen molar-refractivity contribution in [1.29, 1.82) is 0 Å². The second-order valence-electron chi connectivity index (χ2n) is 2.65. The number of aromatic amines is 1. The summed E-state index contributed by atoms with van der Waals surface area (Å²) in [5.74, 6) is 0. The quantitative estimate of drug-likeness (QED) is 0.779. The van der Waals surface area contributed by atoms with Crippen molar-refractivity contribution in [3.05, 3.63) is 22.2 Å². The topological polar surface area (TPSA) is 62.8 Å². The zero-order chi connectivity index (χ0) is 10.3. The van der Waals surface area contributed by atoms with Gasteiger partial charge in [0.15, 0.2) is 10.0 Å². The molecule has 2 rings (SSSR count). The van der Waals surface area contributed by atoms with Crippen molar-refractivity contribution in [3.63, 3.8) is 0 Å². The molecule has 0 saturated carbocycles. The van der Waals surface area contributed by atoms with Gasteiger partial charge in [0, 0.05) is 0 Å². The molecule has 7 heteroatoms. The minimum atomic E-state index is -1.58. The van der Waals surface area contributed by atoms with Gasteiger partial charge in [-0.25, -0.2) is 9.19 Å². The van der Waals surface area contributed by atoms with Crippen LogP contribution in [0.4, 0.5) is 0 Å². The molecule has 0 radical (unpaired) electrons. The van der Waals surface area contributed by atoms with Gasteiger partial charge >= 0.3 is 0 Å². The summed E-state index contributed by atoms with van der Waals surface area (Å²) in [6, 6.07) is 0. The molecule has 0 saturated heterocycles. The fourth-order valence-electron chi connectivity index (χ4n) is 1.21. The molecule has 0 aromatic carbocycles. The van der Waals surface area contributed by atoms with Crippen molar-refractivity contribution in [2.45, 2.75) is 11.1 Å². The van der Waals surface area contributed by atoms with Crippen LogP contribution in [0.1, 0.15) is 5.56 Å². The number of nitrogens with zero attached hydrogens (tertiary/aromatic N) is 1. The van der Waals surface area contributed by atoms with E-state index in [4.69, 9.17) is 10.7 Å². The number of hydrogen-bond donors (Lipinski definition) is 1. The summed E-state index contributed by atoms with van der Waals surface area (Å²) in [6.45, 7) is 1.71. The summed E-state index contributed by atoms with van der Waals surface area (Å²) in [6.07, 6.45) is 1.32. The summed E-state index contributed by atoms with van der Waals surface area (Å²) >= 11 is 1.18. The van der Waals surface area contributed by atoms with Crippen LogP contribution in [0.3, 0.4) is 0 Å². The third kappa shape index (κ3) is 1.39. The molecule has 0 aliphatic carbocycles. The van der Waals surface area contributed by atoms with Crippen LogP contribution in [0.5, 0.6) is 0 Å². The van der Waals surface area contributed by atoms with Gasteiger partial charge < -0.3 is 4.98 Å². The van der Waals surface area contributed by atoms with Gasteiger partial charge in [-0.3, -0.25) is 4.79 Å². The van der Waals surface area contributed by atoms with Crippen LogP contribution in [-0.2, 0) is 10.0 Å². The highest BCUT2D eigenvalue weighted by molar-refractivity contribution is 8.09. The summed E-state index contributed by atoms with van der Waals surface area (Å²) in [4.78, 5) is 18.4. The van der Waals surface area contributed by atoms with Crippen molar-refractivity contribution >= 4 is 42.2 Å². The van der Waals surface area contributed by atoms with Crippen LogP contribution in [0, 0.1) is 6.92 Å². The van der Waals surface area contributed by atoms with Gasteiger partial charge in [-0.05, 0) is 23.2 Å². The molecule has 1 unspecified atom stereocenters. The normalized spacial score (nSPS) is 13.3. The molecule has 74 valence electrons. The number of H-pyrrole nitrogens is 1. The van der Waals surface area contributed by atoms with Crippen LogP contribution < -0.4 is 5.56 Å². The molecule has 14 heavy (non-hydrogen) atoms. The predicted octanol–water partition coefficient (Wildman–Crippen LogP) is 1.55. The van der Waals surface area contributed by atoms with Gasteiger partial charge in [-0.15, -0.1) is 11.3 Å². The molecular weight excluding hydrogens is 244 g/mol. The number of hydrogen-bond acceptors (Lipinski definition) is 4. The Labute approximate surface area is 89.9 Å². The zero-order valence-corrected chi connectivity index (χ0v) is 9.42. The maximum Gasteiger partial charge on any atom is 0.259 e. The summed E-state index contributed by atoms with van der Waals surface area (Å²) in [5.41, 5.74) is 0.421. The first-order valence-corrected chi connectivity index (χ1v) is 6.45. The number of thiophene rings is 1. The highest BCUT2D eigenvalue weighted by atomic mass is 35.7. The van der Waals surface area contributed by atoms with E-state index in [1.807, 2.05) is 0 Å². The number of nitrogens with one attached hydrogen (secondary N) is 1. The Balaban J connectivity index is 2.94. The summed E-state index contributed by atoms with van der Waals surface area (Å²) in [5, 5.41) is 0.474. The van der Waals surface area contributed by atoms with Crippen molar-refractivity contribution in [1.82, 2.24) is 9.97 Å². The minimum Gasteiger partial charge on any atom is -0.313 e. The third-order valence-electron chi connectivity index (χ3n) is 1.83. The molecule has 2 aromatic rings. The molecule has 0 fully saturated rings. The van der Waals surface area contributed by atoms with Gasteiger partial charge in [0.2, 0.25) is 0 Å². The predicted molar refractivity (Wildman–Crippen MR) is 57.2 cm³/mol. The highest BCUT2D eigenvalue weighted by Gasteiger charge is 2.15. The molecule has 4 nitrogen and oxygen atoms in total. The van der Waals surface area contributed by atoms with Crippen molar-refractivity contribution < 1.29 is 4.21 Å². The number of halogens is 1. The lowest BCUT2D eigenvalue weighted by Gasteiger charge is -1.89. The first kappa shape index (κ1) is 9.82. The van der Waals surface area contributed by atoms with Crippen LogP contribution in [0.15, 0.2) is 15.3 Å². The largest absolute Gasteiger partial charge is 0.313 e. The Hall–Kier alpha value is -0.720. The van der Waals surface area contributed by atoms with Crippen LogP contribution >= 0.6 is 22.0 Å².